The fourth-order valence-corrected chi connectivity index (χ4v) is 2.66. The van der Waals surface area contributed by atoms with Crippen LogP contribution in [0.25, 0.3) is 0 Å². The fraction of sp³-hybridized carbons (Fsp3) is 0.929. The smallest absolute Gasteiger partial charge is 0.249 e. The van der Waals surface area contributed by atoms with E-state index in [0.29, 0.717) is 18.6 Å². The second-order valence-electron chi connectivity index (χ2n) is 5.05. The molecule has 0 aliphatic heterocycles. The molecule has 1 aliphatic rings. The molecule has 0 spiro atoms. The lowest BCUT2D eigenvalue weighted by molar-refractivity contribution is -0.132. The summed E-state index contributed by atoms with van der Waals surface area (Å²) >= 11 is 0. The second-order valence-corrected chi connectivity index (χ2v) is 5.05. The molecule has 1 rings (SSSR count). The minimum Gasteiger partial charge on any atom is -0.369 e. The van der Waals surface area contributed by atoms with E-state index in [9.17, 15) is 4.79 Å². The molecule has 0 bridgehead atoms. The van der Waals surface area contributed by atoms with E-state index in [1.54, 1.807) is 0 Å². The van der Waals surface area contributed by atoms with Crippen LogP contribution in [0.3, 0.4) is 0 Å². The van der Waals surface area contributed by atoms with Gasteiger partial charge in [-0.25, -0.2) is 0 Å². The van der Waals surface area contributed by atoms with Gasteiger partial charge in [0.25, 0.3) is 0 Å². The largest absolute Gasteiger partial charge is 0.369 e. The first-order valence-corrected chi connectivity index (χ1v) is 7.11. The Bertz CT molecular complexity index is 230. The molecule has 3 nitrogen and oxygen atoms in total. The third-order valence-electron chi connectivity index (χ3n) is 3.70. The molecule has 3 atom stereocenters. The van der Waals surface area contributed by atoms with Gasteiger partial charge < -0.3 is 10.1 Å². The number of amides is 1. The van der Waals surface area contributed by atoms with E-state index >= 15 is 0 Å². The standard InChI is InChI=1S/C14H27NO2/c1-4-6-8-12-9-7-10-13(12)15-14(16)11(3)17-5-2/h11-13H,4-10H2,1-3H3,(H,15,16)/t11-,12-,13+/m1/s1. The molecular weight excluding hydrogens is 214 g/mol. The lowest BCUT2D eigenvalue weighted by atomic mass is 9.96. The average Bonchev–Trinajstić information content (AvgIpc) is 2.74. The molecule has 100 valence electrons. The van der Waals surface area contributed by atoms with Crippen LogP contribution in [-0.2, 0) is 9.53 Å². The van der Waals surface area contributed by atoms with Gasteiger partial charge in [-0.05, 0) is 39.0 Å². The van der Waals surface area contributed by atoms with E-state index in [0.717, 1.165) is 6.42 Å². The molecule has 0 aromatic heterocycles. The van der Waals surface area contributed by atoms with Gasteiger partial charge in [-0.15, -0.1) is 0 Å². The maximum Gasteiger partial charge on any atom is 0.249 e. The predicted octanol–water partition coefficient (Wildman–Crippen LogP) is 2.89. The Balaban J connectivity index is 2.35. The van der Waals surface area contributed by atoms with Crippen molar-refractivity contribution in [2.24, 2.45) is 5.92 Å². The van der Waals surface area contributed by atoms with E-state index in [2.05, 4.69) is 12.2 Å². The van der Waals surface area contributed by atoms with Crippen LogP contribution in [0.2, 0.25) is 0 Å². The number of rotatable bonds is 7. The minimum absolute atomic E-state index is 0.0558. The third kappa shape index (κ3) is 4.66. The number of unbranched alkanes of at least 4 members (excludes halogenated alkanes) is 1. The van der Waals surface area contributed by atoms with Crippen LogP contribution in [0.4, 0.5) is 0 Å². The molecule has 0 unspecified atom stereocenters. The maximum absolute atomic E-state index is 11.9. The van der Waals surface area contributed by atoms with Crippen molar-refractivity contribution in [3.05, 3.63) is 0 Å². The molecule has 0 aromatic rings. The first kappa shape index (κ1) is 14.5. The maximum atomic E-state index is 11.9. The van der Waals surface area contributed by atoms with E-state index in [1.807, 2.05) is 13.8 Å². The Morgan fingerprint density at radius 3 is 2.82 bits per heavy atom. The number of carbonyl (C=O) groups excluding carboxylic acids is 1. The van der Waals surface area contributed by atoms with Crippen LogP contribution in [0.1, 0.15) is 59.3 Å². The van der Waals surface area contributed by atoms with Crippen molar-refractivity contribution in [2.75, 3.05) is 6.61 Å². The van der Waals surface area contributed by atoms with E-state index in [-0.39, 0.29) is 12.0 Å². The van der Waals surface area contributed by atoms with E-state index in [1.165, 1.54) is 32.1 Å². The lowest BCUT2D eigenvalue weighted by Crippen LogP contribution is -2.43. The number of hydrogen-bond acceptors (Lipinski definition) is 2. The van der Waals surface area contributed by atoms with Gasteiger partial charge in [0.1, 0.15) is 6.10 Å². The quantitative estimate of drug-likeness (QED) is 0.744. The topological polar surface area (TPSA) is 38.3 Å². The van der Waals surface area contributed by atoms with Gasteiger partial charge in [-0.3, -0.25) is 4.79 Å². The van der Waals surface area contributed by atoms with E-state index in [4.69, 9.17) is 4.74 Å². The molecule has 1 fully saturated rings. The Kier molecular flexibility index (Phi) is 6.56. The zero-order valence-electron chi connectivity index (χ0n) is 11.5. The van der Waals surface area contributed by atoms with Crippen LogP contribution in [0.15, 0.2) is 0 Å². The third-order valence-corrected chi connectivity index (χ3v) is 3.70. The Morgan fingerprint density at radius 2 is 2.18 bits per heavy atom. The SMILES string of the molecule is CCCC[C@@H]1CCC[C@@H]1NC(=O)[C@@H](C)OCC. The number of ether oxygens (including phenoxy) is 1. The van der Waals surface area contributed by atoms with Gasteiger partial charge in [0, 0.05) is 12.6 Å². The fourth-order valence-electron chi connectivity index (χ4n) is 2.66. The first-order chi connectivity index (χ1) is 8.19. The summed E-state index contributed by atoms with van der Waals surface area (Å²) in [5.41, 5.74) is 0. The van der Waals surface area contributed by atoms with Crippen LogP contribution < -0.4 is 5.32 Å². The van der Waals surface area contributed by atoms with Crippen molar-refractivity contribution in [3.8, 4) is 0 Å². The Morgan fingerprint density at radius 1 is 1.41 bits per heavy atom. The minimum atomic E-state index is -0.313. The lowest BCUT2D eigenvalue weighted by Gasteiger charge is -2.22. The number of carbonyl (C=O) groups is 1. The molecule has 0 heterocycles. The summed E-state index contributed by atoms with van der Waals surface area (Å²) in [4.78, 5) is 11.9. The molecule has 3 heteroatoms. The van der Waals surface area contributed by atoms with Gasteiger partial charge in [0.2, 0.25) is 5.91 Å². The van der Waals surface area contributed by atoms with Crippen LogP contribution in [0.5, 0.6) is 0 Å². The highest BCUT2D eigenvalue weighted by atomic mass is 16.5. The second kappa shape index (κ2) is 7.70. The molecule has 1 N–H and O–H groups in total. The Hall–Kier alpha value is -0.570. The molecule has 1 amide bonds. The van der Waals surface area contributed by atoms with Crippen molar-refractivity contribution in [1.82, 2.24) is 5.32 Å². The van der Waals surface area contributed by atoms with Crippen molar-refractivity contribution >= 4 is 5.91 Å². The molecule has 0 aromatic carbocycles. The predicted molar refractivity (Wildman–Crippen MR) is 69.9 cm³/mol. The van der Waals surface area contributed by atoms with Crippen molar-refractivity contribution in [3.63, 3.8) is 0 Å². The molecule has 1 saturated carbocycles. The van der Waals surface area contributed by atoms with Crippen LogP contribution >= 0.6 is 0 Å². The molecule has 0 saturated heterocycles. The highest BCUT2D eigenvalue weighted by molar-refractivity contribution is 5.80. The summed E-state index contributed by atoms with van der Waals surface area (Å²) in [7, 11) is 0. The molecule has 0 radical (unpaired) electrons. The van der Waals surface area contributed by atoms with Gasteiger partial charge in [-0.1, -0.05) is 26.2 Å². The average molecular weight is 241 g/mol. The summed E-state index contributed by atoms with van der Waals surface area (Å²) in [5, 5.41) is 3.16. The number of nitrogens with one attached hydrogen (secondary N) is 1. The van der Waals surface area contributed by atoms with E-state index < -0.39 is 0 Å². The highest BCUT2D eigenvalue weighted by Crippen LogP contribution is 2.29. The summed E-state index contributed by atoms with van der Waals surface area (Å²) in [5.74, 6) is 0.743. The zero-order chi connectivity index (χ0) is 12.7. The van der Waals surface area contributed by atoms with Crippen LogP contribution in [0, 0.1) is 5.92 Å². The molecule has 1 aliphatic carbocycles. The number of hydrogen-bond donors (Lipinski definition) is 1. The van der Waals surface area contributed by atoms with Gasteiger partial charge in [-0.2, -0.15) is 0 Å². The zero-order valence-corrected chi connectivity index (χ0v) is 11.5. The van der Waals surface area contributed by atoms with Gasteiger partial charge in [0.15, 0.2) is 0 Å². The molecule has 17 heavy (non-hydrogen) atoms. The summed E-state index contributed by atoms with van der Waals surface area (Å²) < 4.78 is 5.32. The van der Waals surface area contributed by atoms with Crippen molar-refractivity contribution in [1.29, 1.82) is 0 Å². The first-order valence-electron chi connectivity index (χ1n) is 7.11. The molecular formula is C14H27NO2. The normalized spacial score (nSPS) is 25.8. The van der Waals surface area contributed by atoms with Gasteiger partial charge in [0.05, 0.1) is 0 Å². The monoisotopic (exact) mass is 241 g/mol. The summed E-state index contributed by atoms with van der Waals surface area (Å²) in [6.07, 6.45) is 7.12. The highest BCUT2D eigenvalue weighted by Gasteiger charge is 2.29. The van der Waals surface area contributed by atoms with Gasteiger partial charge >= 0.3 is 0 Å². The Labute approximate surface area is 105 Å². The van der Waals surface area contributed by atoms with Crippen molar-refractivity contribution in [2.45, 2.75) is 71.4 Å². The summed E-state index contributed by atoms with van der Waals surface area (Å²) in [6.45, 7) is 6.57. The van der Waals surface area contributed by atoms with Crippen molar-refractivity contribution < 1.29 is 9.53 Å². The van der Waals surface area contributed by atoms with Crippen LogP contribution in [-0.4, -0.2) is 24.7 Å². The summed E-state index contributed by atoms with van der Waals surface area (Å²) in [6, 6.07) is 0.386.